The Morgan fingerprint density at radius 3 is 2.65 bits per heavy atom. The molecule has 1 aromatic carbocycles. The first-order valence-electron chi connectivity index (χ1n) is 9.35. The SMILES string of the molecule is Cc1cccc(OCCCC(=O)N2CCN(C3CCS(=O)(=O)C3)CC2)c1. The van der Waals surface area contributed by atoms with Crippen LogP contribution < -0.4 is 4.74 Å². The zero-order valence-electron chi connectivity index (χ0n) is 15.4. The summed E-state index contributed by atoms with van der Waals surface area (Å²) in [5, 5.41) is 0. The number of carbonyl (C=O) groups is 1. The molecule has 144 valence electrons. The number of hydrogen-bond donors (Lipinski definition) is 0. The van der Waals surface area contributed by atoms with Gasteiger partial charge in [-0.05, 0) is 37.5 Å². The smallest absolute Gasteiger partial charge is 0.222 e. The quantitative estimate of drug-likeness (QED) is 0.700. The fraction of sp³-hybridized carbons (Fsp3) is 0.632. The van der Waals surface area contributed by atoms with Crippen molar-refractivity contribution in [2.24, 2.45) is 0 Å². The van der Waals surface area contributed by atoms with E-state index in [2.05, 4.69) is 4.90 Å². The van der Waals surface area contributed by atoms with E-state index in [0.29, 0.717) is 38.3 Å². The number of carbonyl (C=O) groups excluding carboxylic acids is 1. The van der Waals surface area contributed by atoms with Crippen molar-refractivity contribution in [3.8, 4) is 5.75 Å². The molecule has 0 spiro atoms. The molecule has 0 aliphatic carbocycles. The molecular weight excluding hydrogens is 352 g/mol. The molecule has 26 heavy (non-hydrogen) atoms. The van der Waals surface area contributed by atoms with Gasteiger partial charge in [0, 0.05) is 38.6 Å². The van der Waals surface area contributed by atoms with Crippen molar-refractivity contribution >= 4 is 15.7 Å². The number of piperazine rings is 1. The molecule has 1 unspecified atom stereocenters. The van der Waals surface area contributed by atoms with Crippen molar-refractivity contribution in [1.82, 2.24) is 9.80 Å². The maximum atomic E-state index is 12.4. The molecule has 7 heteroatoms. The van der Waals surface area contributed by atoms with Gasteiger partial charge in [-0.1, -0.05) is 12.1 Å². The van der Waals surface area contributed by atoms with Gasteiger partial charge in [0.15, 0.2) is 9.84 Å². The van der Waals surface area contributed by atoms with Crippen molar-refractivity contribution in [1.29, 1.82) is 0 Å². The number of rotatable bonds is 6. The maximum absolute atomic E-state index is 12.4. The van der Waals surface area contributed by atoms with Crippen LogP contribution in [0.3, 0.4) is 0 Å². The van der Waals surface area contributed by atoms with Gasteiger partial charge in [-0.25, -0.2) is 8.42 Å². The minimum absolute atomic E-state index is 0.139. The minimum Gasteiger partial charge on any atom is -0.494 e. The minimum atomic E-state index is -2.85. The molecule has 0 aromatic heterocycles. The van der Waals surface area contributed by atoms with Crippen LogP contribution in [0, 0.1) is 6.92 Å². The highest BCUT2D eigenvalue weighted by Gasteiger charge is 2.34. The normalized spacial score (nSPS) is 23.1. The van der Waals surface area contributed by atoms with E-state index in [4.69, 9.17) is 4.74 Å². The zero-order chi connectivity index (χ0) is 18.6. The second-order valence-electron chi connectivity index (χ2n) is 7.24. The molecule has 1 aromatic rings. The molecule has 3 rings (SSSR count). The van der Waals surface area contributed by atoms with Gasteiger partial charge in [-0.3, -0.25) is 9.69 Å². The Balaban J connectivity index is 1.35. The Bertz CT molecular complexity index is 727. The Labute approximate surface area is 156 Å². The number of amides is 1. The lowest BCUT2D eigenvalue weighted by Crippen LogP contribution is -2.52. The maximum Gasteiger partial charge on any atom is 0.222 e. The number of sulfone groups is 1. The van der Waals surface area contributed by atoms with Gasteiger partial charge < -0.3 is 9.64 Å². The van der Waals surface area contributed by atoms with Gasteiger partial charge in [0.05, 0.1) is 18.1 Å². The van der Waals surface area contributed by atoms with E-state index in [0.717, 1.165) is 30.8 Å². The van der Waals surface area contributed by atoms with Crippen LogP contribution in [0.5, 0.6) is 5.75 Å². The second-order valence-corrected chi connectivity index (χ2v) is 9.47. The zero-order valence-corrected chi connectivity index (χ0v) is 16.2. The molecule has 1 atom stereocenters. The van der Waals surface area contributed by atoms with Crippen molar-refractivity contribution in [2.75, 3.05) is 44.3 Å². The predicted octanol–water partition coefficient (Wildman–Crippen LogP) is 1.49. The molecule has 0 N–H and O–H groups in total. The van der Waals surface area contributed by atoms with E-state index < -0.39 is 9.84 Å². The fourth-order valence-corrected chi connectivity index (χ4v) is 5.44. The largest absolute Gasteiger partial charge is 0.494 e. The third-order valence-electron chi connectivity index (χ3n) is 5.19. The lowest BCUT2D eigenvalue weighted by Gasteiger charge is -2.37. The van der Waals surface area contributed by atoms with Crippen molar-refractivity contribution in [3.05, 3.63) is 29.8 Å². The van der Waals surface area contributed by atoms with Crippen LogP contribution in [0.4, 0.5) is 0 Å². The summed E-state index contributed by atoms with van der Waals surface area (Å²) in [7, 11) is -2.85. The fourth-order valence-electron chi connectivity index (χ4n) is 3.68. The predicted molar refractivity (Wildman–Crippen MR) is 101 cm³/mol. The van der Waals surface area contributed by atoms with Crippen LogP contribution >= 0.6 is 0 Å². The Kier molecular flexibility index (Phi) is 6.19. The van der Waals surface area contributed by atoms with Crippen molar-refractivity contribution in [2.45, 2.75) is 32.2 Å². The first-order valence-corrected chi connectivity index (χ1v) is 11.2. The van der Waals surface area contributed by atoms with Crippen LogP contribution in [0.1, 0.15) is 24.8 Å². The summed E-state index contributed by atoms with van der Waals surface area (Å²) in [6.07, 6.45) is 1.92. The van der Waals surface area contributed by atoms with Gasteiger partial charge in [-0.15, -0.1) is 0 Å². The molecule has 2 aliphatic heterocycles. The third kappa shape index (κ3) is 5.20. The molecule has 1 amide bonds. The van der Waals surface area contributed by atoms with Gasteiger partial charge >= 0.3 is 0 Å². The van der Waals surface area contributed by atoms with Gasteiger partial charge in [-0.2, -0.15) is 0 Å². The van der Waals surface area contributed by atoms with E-state index in [9.17, 15) is 13.2 Å². The van der Waals surface area contributed by atoms with Crippen LogP contribution in [0.2, 0.25) is 0 Å². The van der Waals surface area contributed by atoms with E-state index in [-0.39, 0.29) is 17.7 Å². The highest BCUT2D eigenvalue weighted by molar-refractivity contribution is 7.91. The Morgan fingerprint density at radius 2 is 2.00 bits per heavy atom. The van der Waals surface area contributed by atoms with Crippen molar-refractivity contribution in [3.63, 3.8) is 0 Å². The lowest BCUT2D eigenvalue weighted by molar-refractivity contribution is -0.133. The van der Waals surface area contributed by atoms with E-state index in [1.807, 2.05) is 36.1 Å². The van der Waals surface area contributed by atoms with Crippen molar-refractivity contribution < 1.29 is 17.9 Å². The Hall–Kier alpha value is -1.60. The highest BCUT2D eigenvalue weighted by Crippen LogP contribution is 2.19. The second kappa shape index (κ2) is 8.39. The topological polar surface area (TPSA) is 66.9 Å². The summed E-state index contributed by atoms with van der Waals surface area (Å²) in [6, 6.07) is 8.05. The molecule has 0 bridgehead atoms. The summed E-state index contributed by atoms with van der Waals surface area (Å²) in [6.45, 7) is 5.48. The number of ether oxygens (including phenoxy) is 1. The number of hydrogen-bond acceptors (Lipinski definition) is 5. The molecule has 6 nitrogen and oxygen atoms in total. The van der Waals surface area contributed by atoms with Crippen LogP contribution in [0.15, 0.2) is 24.3 Å². The Morgan fingerprint density at radius 1 is 1.23 bits per heavy atom. The van der Waals surface area contributed by atoms with E-state index in [1.165, 1.54) is 0 Å². The first-order chi connectivity index (χ1) is 12.4. The van der Waals surface area contributed by atoms with E-state index in [1.54, 1.807) is 0 Å². The van der Waals surface area contributed by atoms with E-state index >= 15 is 0 Å². The van der Waals surface area contributed by atoms with Crippen LogP contribution in [-0.4, -0.2) is 74.5 Å². The lowest BCUT2D eigenvalue weighted by atomic mass is 10.2. The number of nitrogens with zero attached hydrogens (tertiary/aromatic N) is 2. The molecular formula is C19H28N2O4S. The average Bonchev–Trinajstić information content (AvgIpc) is 2.99. The molecule has 2 aliphatic rings. The number of benzene rings is 1. The first kappa shape index (κ1) is 19.2. The molecule has 2 fully saturated rings. The number of aryl methyl sites for hydroxylation is 1. The summed E-state index contributed by atoms with van der Waals surface area (Å²) in [4.78, 5) is 16.5. The standard InChI is InChI=1S/C19H28N2O4S/c1-16-4-2-5-18(14-16)25-12-3-6-19(22)21-10-8-20(9-11-21)17-7-13-26(23,24)15-17/h2,4-5,14,17H,3,6-13,15H2,1H3. The molecule has 0 saturated carbocycles. The summed E-state index contributed by atoms with van der Waals surface area (Å²) in [5.74, 6) is 1.59. The highest BCUT2D eigenvalue weighted by atomic mass is 32.2. The molecule has 2 saturated heterocycles. The third-order valence-corrected chi connectivity index (χ3v) is 6.94. The average molecular weight is 381 g/mol. The van der Waals surface area contributed by atoms with Gasteiger partial charge in [0.1, 0.15) is 5.75 Å². The summed E-state index contributed by atoms with van der Waals surface area (Å²) < 4.78 is 28.9. The summed E-state index contributed by atoms with van der Waals surface area (Å²) >= 11 is 0. The van der Waals surface area contributed by atoms with Gasteiger partial charge in [0.25, 0.3) is 0 Å². The molecule has 2 heterocycles. The van der Waals surface area contributed by atoms with Crippen LogP contribution in [-0.2, 0) is 14.6 Å². The monoisotopic (exact) mass is 380 g/mol. The summed E-state index contributed by atoms with van der Waals surface area (Å²) in [5.41, 5.74) is 1.16. The molecule has 0 radical (unpaired) electrons. The van der Waals surface area contributed by atoms with Crippen LogP contribution in [0.25, 0.3) is 0 Å². The van der Waals surface area contributed by atoms with Gasteiger partial charge in [0.2, 0.25) is 5.91 Å².